The van der Waals surface area contributed by atoms with Crippen molar-refractivity contribution in [2.24, 2.45) is 0 Å². The van der Waals surface area contributed by atoms with E-state index in [2.05, 4.69) is 15.5 Å². The zero-order valence-electron chi connectivity index (χ0n) is 17.4. The molecule has 3 aromatic rings. The Labute approximate surface area is 179 Å². The fourth-order valence-corrected chi connectivity index (χ4v) is 3.53. The van der Waals surface area contributed by atoms with Crippen molar-refractivity contribution in [3.8, 4) is 5.69 Å². The third-order valence-corrected chi connectivity index (χ3v) is 5.17. The molecular formula is C22H24N4O3S. The summed E-state index contributed by atoms with van der Waals surface area (Å²) in [6, 6.07) is 14.4. The molecule has 2 aromatic carbocycles. The van der Waals surface area contributed by atoms with Gasteiger partial charge in [0.05, 0.1) is 5.56 Å². The van der Waals surface area contributed by atoms with Crippen molar-refractivity contribution < 1.29 is 14.3 Å². The fraction of sp³-hybridized carbons (Fsp3) is 0.273. The largest absolute Gasteiger partial charge is 0.449 e. The van der Waals surface area contributed by atoms with E-state index in [1.807, 2.05) is 42.9 Å². The minimum absolute atomic E-state index is 0.349. The average molecular weight is 425 g/mol. The van der Waals surface area contributed by atoms with Crippen LogP contribution in [-0.4, -0.2) is 39.0 Å². The van der Waals surface area contributed by atoms with E-state index >= 15 is 0 Å². The number of thioether (sulfide) groups is 1. The van der Waals surface area contributed by atoms with Crippen molar-refractivity contribution in [3.05, 3.63) is 65.5 Å². The number of nitrogens with one attached hydrogen (secondary N) is 1. The Morgan fingerprint density at radius 1 is 1.13 bits per heavy atom. The van der Waals surface area contributed by atoms with Crippen LogP contribution < -0.4 is 5.32 Å². The number of carbonyl (C=O) groups excluding carboxylic acids is 2. The van der Waals surface area contributed by atoms with Gasteiger partial charge in [-0.3, -0.25) is 9.36 Å². The summed E-state index contributed by atoms with van der Waals surface area (Å²) < 4.78 is 7.37. The molecule has 3 rings (SSSR count). The lowest BCUT2D eigenvalue weighted by Crippen LogP contribution is -2.32. The fourth-order valence-electron chi connectivity index (χ4n) is 2.98. The smallest absolute Gasteiger partial charge is 0.338 e. The van der Waals surface area contributed by atoms with Crippen LogP contribution in [0.15, 0.2) is 53.7 Å². The second-order valence-electron chi connectivity index (χ2n) is 6.78. The summed E-state index contributed by atoms with van der Waals surface area (Å²) in [6.45, 7) is 5.61. The van der Waals surface area contributed by atoms with E-state index in [1.54, 1.807) is 37.3 Å². The van der Waals surface area contributed by atoms with Gasteiger partial charge in [0.25, 0.3) is 5.91 Å². The van der Waals surface area contributed by atoms with Crippen LogP contribution in [0.2, 0.25) is 0 Å². The number of ether oxygens (including phenoxy) is 1. The summed E-state index contributed by atoms with van der Waals surface area (Å²) >= 11 is 1.49. The van der Waals surface area contributed by atoms with E-state index in [1.165, 1.54) is 11.8 Å². The average Bonchev–Trinajstić information content (AvgIpc) is 3.12. The standard InChI is InChI=1S/C22H24N4O3S/c1-5-19(20(27)23-17-8-6-7-14(2)13-17)29-21(28)16-9-11-18(12-10-16)26-15(3)24-25-22(26)30-4/h6-13,19H,5H2,1-4H3,(H,23,27). The van der Waals surface area contributed by atoms with Crippen molar-refractivity contribution in [1.82, 2.24) is 14.8 Å². The SMILES string of the molecule is CCC(OC(=O)c1ccc(-n2c(C)nnc2SC)cc1)C(=O)Nc1cccc(C)c1. The van der Waals surface area contributed by atoms with Crippen LogP contribution in [-0.2, 0) is 9.53 Å². The molecule has 0 spiro atoms. The Kier molecular flexibility index (Phi) is 6.89. The van der Waals surface area contributed by atoms with Crippen molar-refractivity contribution in [1.29, 1.82) is 0 Å². The van der Waals surface area contributed by atoms with Gasteiger partial charge in [-0.05, 0) is 68.5 Å². The summed E-state index contributed by atoms with van der Waals surface area (Å²) in [5.41, 5.74) is 2.93. The van der Waals surface area contributed by atoms with Crippen LogP contribution in [0.1, 0.15) is 35.1 Å². The van der Waals surface area contributed by atoms with Crippen LogP contribution in [0.25, 0.3) is 5.69 Å². The molecule has 156 valence electrons. The first kappa shape index (κ1) is 21.6. The Balaban J connectivity index is 1.69. The van der Waals surface area contributed by atoms with Crippen molar-refractivity contribution in [2.75, 3.05) is 11.6 Å². The van der Waals surface area contributed by atoms with Crippen molar-refractivity contribution >= 4 is 29.3 Å². The van der Waals surface area contributed by atoms with E-state index < -0.39 is 12.1 Å². The number of hydrogen-bond acceptors (Lipinski definition) is 6. The first-order valence-corrected chi connectivity index (χ1v) is 10.8. The minimum Gasteiger partial charge on any atom is -0.449 e. The number of amides is 1. The number of aryl methyl sites for hydroxylation is 2. The first-order chi connectivity index (χ1) is 14.4. The minimum atomic E-state index is -0.874. The van der Waals surface area contributed by atoms with E-state index in [-0.39, 0.29) is 5.91 Å². The highest BCUT2D eigenvalue weighted by Crippen LogP contribution is 2.20. The number of benzene rings is 2. The monoisotopic (exact) mass is 424 g/mol. The summed E-state index contributed by atoms with van der Waals surface area (Å²) in [6.07, 6.45) is 1.43. The quantitative estimate of drug-likeness (QED) is 0.452. The predicted octanol–water partition coefficient (Wildman–Crippen LogP) is 4.18. The molecule has 0 aliphatic rings. The molecule has 30 heavy (non-hydrogen) atoms. The lowest BCUT2D eigenvalue weighted by molar-refractivity contribution is -0.124. The molecule has 1 amide bonds. The number of aromatic nitrogens is 3. The summed E-state index contributed by atoms with van der Waals surface area (Å²) in [5.74, 6) is -0.135. The second kappa shape index (κ2) is 9.58. The molecule has 0 radical (unpaired) electrons. The van der Waals surface area contributed by atoms with Gasteiger partial charge in [-0.15, -0.1) is 10.2 Å². The lowest BCUT2D eigenvalue weighted by atomic mass is 10.2. The predicted molar refractivity (Wildman–Crippen MR) is 117 cm³/mol. The Morgan fingerprint density at radius 2 is 1.87 bits per heavy atom. The van der Waals surface area contributed by atoms with Gasteiger partial charge in [-0.2, -0.15) is 0 Å². The highest BCUT2D eigenvalue weighted by molar-refractivity contribution is 7.98. The lowest BCUT2D eigenvalue weighted by Gasteiger charge is -2.16. The van der Waals surface area contributed by atoms with Crippen LogP contribution in [0, 0.1) is 13.8 Å². The summed E-state index contributed by atoms with van der Waals surface area (Å²) in [7, 11) is 0. The van der Waals surface area contributed by atoms with Gasteiger partial charge in [-0.1, -0.05) is 30.8 Å². The van der Waals surface area contributed by atoms with E-state index in [9.17, 15) is 9.59 Å². The zero-order valence-corrected chi connectivity index (χ0v) is 18.2. The molecule has 1 unspecified atom stereocenters. The van der Waals surface area contributed by atoms with Gasteiger partial charge in [0, 0.05) is 11.4 Å². The molecule has 1 heterocycles. The molecule has 1 atom stereocenters. The molecule has 1 N–H and O–H groups in total. The second-order valence-corrected chi connectivity index (χ2v) is 7.55. The molecule has 0 saturated carbocycles. The van der Waals surface area contributed by atoms with Gasteiger partial charge in [0.1, 0.15) is 5.82 Å². The molecule has 0 aliphatic heterocycles. The zero-order chi connectivity index (χ0) is 21.7. The van der Waals surface area contributed by atoms with Crippen LogP contribution in [0.3, 0.4) is 0 Å². The Bertz CT molecular complexity index is 1050. The maximum Gasteiger partial charge on any atom is 0.338 e. The number of hydrogen-bond donors (Lipinski definition) is 1. The molecule has 8 heteroatoms. The van der Waals surface area contributed by atoms with Gasteiger partial charge in [-0.25, -0.2) is 4.79 Å². The highest BCUT2D eigenvalue weighted by atomic mass is 32.2. The first-order valence-electron chi connectivity index (χ1n) is 9.58. The Hall–Kier alpha value is -3.13. The maximum absolute atomic E-state index is 12.6. The number of rotatable bonds is 7. The van der Waals surface area contributed by atoms with Gasteiger partial charge < -0.3 is 10.1 Å². The Morgan fingerprint density at radius 3 is 2.50 bits per heavy atom. The van der Waals surface area contributed by atoms with Crippen molar-refractivity contribution in [2.45, 2.75) is 38.5 Å². The van der Waals surface area contributed by atoms with E-state index in [0.717, 1.165) is 22.2 Å². The van der Waals surface area contributed by atoms with E-state index in [4.69, 9.17) is 4.74 Å². The maximum atomic E-state index is 12.6. The van der Waals surface area contributed by atoms with Crippen LogP contribution >= 0.6 is 11.8 Å². The van der Waals surface area contributed by atoms with Gasteiger partial charge in [0.15, 0.2) is 11.3 Å². The number of carbonyl (C=O) groups is 2. The van der Waals surface area contributed by atoms with E-state index in [0.29, 0.717) is 17.7 Å². The molecule has 0 aliphatic carbocycles. The number of anilines is 1. The van der Waals surface area contributed by atoms with Crippen molar-refractivity contribution in [3.63, 3.8) is 0 Å². The van der Waals surface area contributed by atoms with Gasteiger partial charge >= 0.3 is 5.97 Å². The molecule has 0 fully saturated rings. The third-order valence-electron chi connectivity index (χ3n) is 4.54. The number of esters is 1. The van der Waals surface area contributed by atoms with Gasteiger partial charge in [0.2, 0.25) is 0 Å². The topological polar surface area (TPSA) is 86.1 Å². The molecule has 0 bridgehead atoms. The van der Waals surface area contributed by atoms with Crippen LogP contribution in [0.5, 0.6) is 0 Å². The molecule has 7 nitrogen and oxygen atoms in total. The summed E-state index contributed by atoms with van der Waals surface area (Å²) in [5, 5.41) is 11.8. The number of nitrogens with zero attached hydrogens (tertiary/aromatic N) is 3. The molecular weight excluding hydrogens is 400 g/mol. The normalized spacial score (nSPS) is 11.7. The third kappa shape index (κ3) is 4.88. The summed E-state index contributed by atoms with van der Waals surface area (Å²) in [4.78, 5) is 25.1. The highest BCUT2D eigenvalue weighted by Gasteiger charge is 2.22. The van der Waals surface area contributed by atoms with Crippen LogP contribution in [0.4, 0.5) is 5.69 Å². The molecule has 1 aromatic heterocycles. The molecule has 0 saturated heterocycles.